The number of aromatic nitrogens is 1. The summed E-state index contributed by atoms with van der Waals surface area (Å²) in [6.07, 6.45) is 3.18. The number of hydrogen-bond donors (Lipinski definition) is 2. The fourth-order valence-electron chi connectivity index (χ4n) is 3.24. The SMILES string of the molecule is CCNC(=NCCc1nc(C(C)(C)C)cs1)NC1CCN(c2cccs2)CC1.I. The molecule has 8 heteroatoms. The normalized spacial score (nSPS) is 15.9. The van der Waals surface area contributed by atoms with E-state index in [4.69, 9.17) is 9.98 Å². The maximum Gasteiger partial charge on any atom is 0.191 e. The van der Waals surface area contributed by atoms with Crippen molar-refractivity contribution in [1.82, 2.24) is 15.6 Å². The standard InChI is InChI=1S/C21H33N5S2.HI/c1-5-22-20(23-11-8-18-25-17(15-28-18)21(2,3)4)24-16-9-12-26(13-10-16)19-7-6-14-27-19;/h6-7,14-16H,5,8-13H2,1-4H3,(H2,22,23,24);1H. The minimum Gasteiger partial charge on any atom is -0.363 e. The topological polar surface area (TPSA) is 52.6 Å². The number of nitrogens with one attached hydrogen (secondary N) is 2. The van der Waals surface area contributed by atoms with Crippen LogP contribution in [0, 0.1) is 0 Å². The number of rotatable bonds is 6. The molecule has 5 nitrogen and oxygen atoms in total. The van der Waals surface area contributed by atoms with E-state index in [1.54, 1.807) is 11.3 Å². The molecule has 0 aromatic carbocycles. The zero-order valence-electron chi connectivity index (χ0n) is 17.9. The van der Waals surface area contributed by atoms with Crippen molar-refractivity contribution in [1.29, 1.82) is 0 Å². The average Bonchev–Trinajstić information content (AvgIpc) is 3.34. The first-order valence-corrected chi connectivity index (χ1v) is 12.0. The second-order valence-corrected chi connectivity index (χ2v) is 10.1. The summed E-state index contributed by atoms with van der Waals surface area (Å²) in [6, 6.07) is 4.84. The van der Waals surface area contributed by atoms with E-state index >= 15 is 0 Å². The molecule has 0 aliphatic carbocycles. The summed E-state index contributed by atoms with van der Waals surface area (Å²) in [6.45, 7) is 12.6. The van der Waals surface area contributed by atoms with Gasteiger partial charge in [-0.3, -0.25) is 4.99 Å². The second-order valence-electron chi connectivity index (χ2n) is 8.24. The van der Waals surface area contributed by atoms with E-state index in [1.165, 1.54) is 15.7 Å². The van der Waals surface area contributed by atoms with Crippen LogP contribution in [0.5, 0.6) is 0 Å². The van der Waals surface area contributed by atoms with E-state index in [0.29, 0.717) is 6.04 Å². The van der Waals surface area contributed by atoms with Crippen molar-refractivity contribution in [2.45, 2.75) is 58.4 Å². The van der Waals surface area contributed by atoms with Gasteiger partial charge in [0.2, 0.25) is 0 Å². The molecule has 3 rings (SSSR count). The predicted octanol–water partition coefficient (Wildman–Crippen LogP) is 4.89. The van der Waals surface area contributed by atoms with Gasteiger partial charge in [0.1, 0.15) is 0 Å². The molecule has 0 spiro atoms. The van der Waals surface area contributed by atoms with Crippen LogP contribution in [-0.4, -0.2) is 43.2 Å². The fourth-order valence-corrected chi connectivity index (χ4v) is 5.04. The lowest BCUT2D eigenvalue weighted by Crippen LogP contribution is -2.48. The molecule has 2 aromatic rings. The second kappa shape index (κ2) is 11.5. The van der Waals surface area contributed by atoms with Gasteiger partial charge in [-0.25, -0.2) is 4.98 Å². The van der Waals surface area contributed by atoms with E-state index in [9.17, 15) is 0 Å². The van der Waals surface area contributed by atoms with Crippen LogP contribution >= 0.6 is 46.7 Å². The molecule has 1 aliphatic rings. The smallest absolute Gasteiger partial charge is 0.191 e. The number of hydrogen-bond acceptors (Lipinski definition) is 5. The Labute approximate surface area is 200 Å². The van der Waals surface area contributed by atoms with Crippen molar-refractivity contribution in [2.75, 3.05) is 31.1 Å². The number of thiazole rings is 1. The van der Waals surface area contributed by atoms with Gasteiger partial charge in [0.15, 0.2) is 5.96 Å². The Balaban J connectivity index is 0.00000300. The van der Waals surface area contributed by atoms with Crippen LogP contribution in [0.25, 0.3) is 0 Å². The van der Waals surface area contributed by atoms with Gasteiger partial charge < -0.3 is 15.5 Å². The summed E-state index contributed by atoms with van der Waals surface area (Å²) in [5.41, 5.74) is 1.30. The summed E-state index contributed by atoms with van der Waals surface area (Å²) in [5.74, 6) is 0.935. The van der Waals surface area contributed by atoms with E-state index in [-0.39, 0.29) is 29.4 Å². The van der Waals surface area contributed by atoms with Crippen molar-refractivity contribution in [3.8, 4) is 0 Å². The van der Waals surface area contributed by atoms with Crippen LogP contribution in [0.15, 0.2) is 27.9 Å². The van der Waals surface area contributed by atoms with E-state index in [1.807, 2.05) is 11.3 Å². The molecule has 1 fully saturated rings. The van der Waals surface area contributed by atoms with Crippen LogP contribution in [0.3, 0.4) is 0 Å². The molecule has 0 saturated carbocycles. The van der Waals surface area contributed by atoms with Crippen LogP contribution in [0.4, 0.5) is 5.00 Å². The minimum absolute atomic E-state index is 0. The average molecular weight is 548 g/mol. The molecule has 1 aliphatic heterocycles. The molecule has 2 aromatic heterocycles. The number of halogens is 1. The molecule has 0 amide bonds. The highest BCUT2D eigenvalue weighted by atomic mass is 127. The van der Waals surface area contributed by atoms with Gasteiger partial charge in [0.05, 0.1) is 15.7 Å². The first kappa shape index (κ1) is 24.4. The Morgan fingerprint density at radius 2 is 2.03 bits per heavy atom. The zero-order chi connectivity index (χ0) is 20.0. The Morgan fingerprint density at radius 1 is 1.28 bits per heavy atom. The van der Waals surface area contributed by atoms with Gasteiger partial charge in [0, 0.05) is 49.4 Å². The first-order valence-electron chi connectivity index (χ1n) is 10.2. The maximum absolute atomic E-state index is 4.79. The number of anilines is 1. The number of aliphatic imine (C=N–C) groups is 1. The number of thiophene rings is 1. The fraction of sp³-hybridized carbons (Fsp3) is 0.619. The summed E-state index contributed by atoms with van der Waals surface area (Å²) in [7, 11) is 0. The number of nitrogens with zero attached hydrogens (tertiary/aromatic N) is 3. The highest BCUT2D eigenvalue weighted by Crippen LogP contribution is 2.25. The number of guanidine groups is 1. The molecule has 0 bridgehead atoms. The minimum atomic E-state index is 0. The van der Waals surface area contributed by atoms with Crippen LogP contribution in [0.1, 0.15) is 51.2 Å². The monoisotopic (exact) mass is 547 g/mol. The largest absolute Gasteiger partial charge is 0.363 e. The molecule has 1 saturated heterocycles. The lowest BCUT2D eigenvalue weighted by Gasteiger charge is -2.33. The Bertz CT molecular complexity index is 743. The highest BCUT2D eigenvalue weighted by Gasteiger charge is 2.21. The molecular formula is C21H34IN5S2. The third kappa shape index (κ3) is 7.40. The zero-order valence-corrected chi connectivity index (χ0v) is 21.9. The van der Waals surface area contributed by atoms with Crippen LogP contribution in [-0.2, 0) is 11.8 Å². The lowest BCUT2D eigenvalue weighted by molar-refractivity contribution is 0.463. The van der Waals surface area contributed by atoms with Crippen molar-refractivity contribution in [2.24, 2.45) is 4.99 Å². The van der Waals surface area contributed by atoms with Gasteiger partial charge in [-0.15, -0.1) is 46.7 Å². The molecule has 0 unspecified atom stereocenters. The molecule has 0 atom stereocenters. The summed E-state index contributed by atoms with van der Waals surface area (Å²) >= 11 is 3.58. The quantitative estimate of drug-likeness (QED) is 0.308. The predicted molar refractivity (Wildman–Crippen MR) is 139 cm³/mol. The summed E-state index contributed by atoms with van der Waals surface area (Å²) in [5, 5.41) is 13.9. The van der Waals surface area contributed by atoms with Gasteiger partial charge >= 0.3 is 0 Å². The Morgan fingerprint density at radius 3 is 2.62 bits per heavy atom. The lowest BCUT2D eigenvalue weighted by atomic mass is 9.93. The van der Waals surface area contributed by atoms with Gasteiger partial charge in [-0.2, -0.15) is 0 Å². The third-order valence-corrected chi connectivity index (χ3v) is 6.75. The number of piperidine rings is 1. The van der Waals surface area contributed by atoms with Gasteiger partial charge in [0.25, 0.3) is 0 Å². The van der Waals surface area contributed by atoms with Crippen LogP contribution in [0.2, 0.25) is 0 Å². The van der Waals surface area contributed by atoms with Crippen molar-refractivity contribution >= 4 is 57.6 Å². The Hall–Kier alpha value is -0.870. The van der Waals surface area contributed by atoms with E-state index in [0.717, 1.165) is 51.4 Å². The molecule has 162 valence electrons. The third-order valence-electron chi connectivity index (χ3n) is 4.91. The molecule has 3 heterocycles. The van der Waals surface area contributed by atoms with Gasteiger partial charge in [-0.1, -0.05) is 20.8 Å². The first-order chi connectivity index (χ1) is 13.5. The molecule has 0 radical (unpaired) electrons. The van der Waals surface area contributed by atoms with Crippen LogP contribution < -0.4 is 15.5 Å². The highest BCUT2D eigenvalue weighted by molar-refractivity contribution is 14.0. The maximum atomic E-state index is 4.79. The Kier molecular flexibility index (Phi) is 9.68. The van der Waals surface area contributed by atoms with E-state index < -0.39 is 0 Å². The van der Waals surface area contributed by atoms with Crippen molar-refractivity contribution < 1.29 is 0 Å². The van der Waals surface area contributed by atoms with E-state index in [2.05, 4.69) is 66.1 Å². The molecule has 29 heavy (non-hydrogen) atoms. The molecule has 2 N–H and O–H groups in total. The summed E-state index contributed by atoms with van der Waals surface area (Å²) < 4.78 is 0. The van der Waals surface area contributed by atoms with Crippen molar-refractivity contribution in [3.05, 3.63) is 33.6 Å². The summed E-state index contributed by atoms with van der Waals surface area (Å²) in [4.78, 5) is 12.1. The van der Waals surface area contributed by atoms with Crippen molar-refractivity contribution in [3.63, 3.8) is 0 Å². The van der Waals surface area contributed by atoms with Gasteiger partial charge in [-0.05, 0) is 37.3 Å². The molecular weight excluding hydrogens is 513 g/mol.